The van der Waals surface area contributed by atoms with E-state index in [-0.39, 0.29) is 5.41 Å². The lowest BCUT2D eigenvalue weighted by molar-refractivity contribution is 0.160. The second kappa shape index (κ2) is 7.77. The number of nitrogens with one attached hydrogen (secondary N) is 1. The van der Waals surface area contributed by atoms with Crippen LogP contribution in [0.5, 0.6) is 0 Å². The Morgan fingerprint density at radius 2 is 1.74 bits per heavy atom. The lowest BCUT2D eigenvalue weighted by Crippen LogP contribution is -2.21. The van der Waals surface area contributed by atoms with Crippen molar-refractivity contribution in [3.05, 3.63) is 59.0 Å². The number of hydrogen-bond donors (Lipinski definition) is 2. The molecule has 1 aromatic carbocycles. The van der Waals surface area contributed by atoms with Crippen molar-refractivity contribution in [2.45, 2.75) is 45.4 Å². The van der Waals surface area contributed by atoms with E-state index in [2.05, 4.69) is 38.2 Å². The molecule has 23 heavy (non-hydrogen) atoms. The smallest absolute Gasteiger partial charge is 0.129 e. The first kappa shape index (κ1) is 17.7. The highest BCUT2D eigenvalue weighted by atomic mass is 16.5. The van der Waals surface area contributed by atoms with Gasteiger partial charge in [0.25, 0.3) is 0 Å². The highest BCUT2D eigenvalue weighted by Gasteiger charge is 2.14. The van der Waals surface area contributed by atoms with Crippen molar-refractivity contribution in [2.24, 2.45) is 0 Å². The van der Waals surface area contributed by atoms with Crippen LogP contribution in [0.1, 0.15) is 49.5 Å². The topological polar surface area (TPSA) is 54.6 Å². The van der Waals surface area contributed by atoms with Crippen LogP contribution in [0, 0.1) is 0 Å². The third kappa shape index (κ3) is 5.20. The average molecular weight is 317 g/mol. The summed E-state index contributed by atoms with van der Waals surface area (Å²) < 4.78 is 10.6. The molecule has 0 aliphatic heterocycles. The van der Waals surface area contributed by atoms with Crippen LogP contribution in [0.2, 0.25) is 0 Å². The van der Waals surface area contributed by atoms with E-state index < -0.39 is 6.10 Å². The number of hydrogen-bond acceptors (Lipinski definition) is 4. The summed E-state index contributed by atoms with van der Waals surface area (Å²) in [7, 11) is 1.64. The maximum Gasteiger partial charge on any atom is 0.129 e. The molecule has 1 atom stereocenters. The minimum atomic E-state index is -0.530. The van der Waals surface area contributed by atoms with Crippen LogP contribution in [0.4, 0.5) is 0 Å². The van der Waals surface area contributed by atoms with Crippen LogP contribution in [0.25, 0.3) is 0 Å². The molecular weight excluding hydrogens is 290 g/mol. The predicted molar refractivity (Wildman–Crippen MR) is 91.2 cm³/mol. The van der Waals surface area contributed by atoms with Gasteiger partial charge in [-0.3, -0.25) is 0 Å². The van der Waals surface area contributed by atoms with Gasteiger partial charge in [0.05, 0.1) is 12.6 Å². The molecule has 0 saturated carbocycles. The molecule has 0 aliphatic carbocycles. The van der Waals surface area contributed by atoms with Gasteiger partial charge >= 0.3 is 0 Å². The summed E-state index contributed by atoms with van der Waals surface area (Å²) in [5.74, 6) is 1.65. The monoisotopic (exact) mass is 317 g/mol. The molecule has 1 unspecified atom stereocenters. The van der Waals surface area contributed by atoms with Crippen LogP contribution < -0.4 is 5.32 Å². The Labute approximate surface area is 138 Å². The number of aliphatic hydroxyl groups is 1. The van der Waals surface area contributed by atoms with E-state index >= 15 is 0 Å². The summed E-state index contributed by atoms with van der Waals surface area (Å²) in [6, 6.07) is 12.0. The van der Waals surface area contributed by atoms with Crippen molar-refractivity contribution >= 4 is 0 Å². The lowest BCUT2D eigenvalue weighted by Gasteiger charge is -2.20. The number of aliphatic hydroxyl groups excluding tert-OH is 1. The number of methoxy groups -OCH3 is 1. The van der Waals surface area contributed by atoms with Crippen molar-refractivity contribution < 1.29 is 14.3 Å². The Morgan fingerprint density at radius 1 is 1.09 bits per heavy atom. The largest absolute Gasteiger partial charge is 0.462 e. The van der Waals surface area contributed by atoms with Gasteiger partial charge in [0.1, 0.15) is 18.1 Å². The number of furan rings is 1. The molecule has 126 valence electrons. The van der Waals surface area contributed by atoms with Gasteiger partial charge in [0, 0.05) is 13.7 Å². The Morgan fingerprint density at radius 3 is 2.35 bits per heavy atom. The Bertz CT molecular complexity index is 596. The molecule has 2 rings (SSSR count). The molecule has 0 spiro atoms. The number of rotatable bonds is 7. The molecule has 0 aliphatic rings. The summed E-state index contributed by atoms with van der Waals surface area (Å²) in [6.07, 6.45) is -0.530. The Hall–Kier alpha value is -1.62. The van der Waals surface area contributed by atoms with E-state index in [0.29, 0.717) is 19.7 Å². The minimum absolute atomic E-state index is 0.126. The van der Waals surface area contributed by atoms with Crippen LogP contribution in [-0.2, 0) is 23.3 Å². The fourth-order valence-corrected chi connectivity index (χ4v) is 2.39. The summed E-state index contributed by atoms with van der Waals surface area (Å²) >= 11 is 0. The maximum absolute atomic E-state index is 10.3. The second-order valence-electron chi connectivity index (χ2n) is 6.82. The first-order chi connectivity index (χ1) is 10.9. The maximum atomic E-state index is 10.3. The van der Waals surface area contributed by atoms with Gasteiger partial charge < -0.3 is 19.6 Å². The van der Waals surface area contributed by atoms with Gasteiger partial charge in [-0.25, -0.2) is 0 Å². The van der Waals surface area contributed by atoms with E-state index in [1.807, 2.05) is 24.3 Å². The Kier molecular flexibility index (Phi) is 5.99. The van der Waals surface area contributed by atoms with Gasteiger partial charge in [-0.1, -0.05) is 45.0 Å². The van der Waals surface area contributed by atoms with Crippen LogP contribution in [0.15, 0.2) is 40.8 Å². The Balaban J connectivity index is 1.83. The third-order valence-corrected chi connectivity index (χ3v) is 3.80. The molecule has 0 amide bonds. The van der Waals surface area contributed by atoms with Gasteiger partial charge in [0.2, 0.25) is 0 Å². The van der Waals surface area contributed by atoms with Crippen molar-refractivity contribution in [3.8, 4) is 0 Å². The average Bonchev–Trinajstić information content (AvgIpc) is 2.94. The van der Waals surface area contributed by atoms with E-state index in [4.69, 9.17) is 9.15 Å². The molecule has 0 saturated heterocycles. The predicted octanol–water partition coefficient (Wildman–Crippen LogP) is 3.55. The highest BCUT2D eigenvalue weighted by molar-refractivity contribution is 5.28. The third-order valence-electron chi connectivity index (χ3n) is 3.80. The molecule has 2 N–H and O–H groups in total. The molecule has 4 nitrogen and oxygen atoms in total. The fourth-order valence-electron chi connectivity index (χ4n) is 2.39. The SMILES string of the molecule is COCc1ccc(CNCC(O)c2ccc(C(C)(C)C)cc2)o1. The van der Waals surface area contributed by atoms with E-state index in [1.165, 1.54) is 5.56 Å². The molecule has 1 heterocycles. The molecule has 1 aromatic heterocycles. The van der Waals surface area contributed by atoms with Gasteiger partial charge in [-0.15, -0.1) is 0 Å². The molecule has 4 heteroatoms. The van der Waals surface area contributed by atoms with Gasteiger partial charge in [-0.2, -0.15) is 0 Å². The van der Waals surface area contributed by atoms with E-state index in [1.54, 1.807) is 7.11 Å². The molecular formula is C19H27NO3. The second-order valence-corrected chi connectivity index (χ2v) is 6.82. The zero-order valence-corrected chi connectivity index (χ0v) is 14.4. The molecule has 2 aromatic rings. The molecule has 0 bridgehead atoms. The van der Waals surface area contributed by atoms with Gasteiger partial charge in [0.15, 0.2) is 0 Å². The summed E-state index contributed by atoms with van der Waals surface area (Å²) in [5, 5.41) is 13.5. The van der Waals surface area contributed by atoms with Crippen LogP contribution in [0.3, 0.4) is 0 Å². The first-order valence-corrected chi connectivity index (χ1v) is 7.96. The van der Waals surface area contributed by atoms with Crippen molar-refractivity contribution in [1.82, 2.24) is 5.32 Å². The summed E-state index contributed by atoms with van der Waals surface area (Å²) in [5.41, 5.74) is 2.31. The van der Waals surface area contributed by atoms with E-state index in [0.717, 1.165) is 17.1 Å². The zero-order valence-electron chi connectivity index (χ0n) is 14.4. The standard InChI is InChI=1S/C19H27NO3/c1-19(2,3)15-7-5-14(6-8-15)18(21)12-20-11-16-9-10-17(23-16)13-22-4/h5-10,18,20-21H,11-13H2,1-4H3. The van der Waals surface area contributed by atoms with Crippen molar-refractivity contribution in [2.75, 3.05) is 13.7 Å². The zero-order chi connectivity index (χ0) is 16.9. The number of benzene rings is 1. The van der Waals surface area contributed by atoms with Crippen molar-refractivity contribution in [3.63, 3.8) is 0 Å². The number of ether oxygens (including phenoxy) is 1. The van der Waals surface area contributed by atoms with Crippen molar-refractivity contribution in [1.29, 1.82) is 0 Å². The lowest BCUT2D eigenvalue weighted by atomic mass is 9.86. The van der Waals surface area contributed by atoms with Crippen LogP contribution in [-0.4, -0.2) is 18.8 Å². The van der Waals surface area contributed by atoms with Crippen LogP contribution >= 0.6 is 0 Å². The van der Waals surface area contributed by atoms with E-state index in [9.17, 15) is 5.11 Å². The molecule has 0 fully saturated rings. The summed E-state index contributed by atoms with van der Waals surface area (Å²) in [6.45, 7) is 8.09. The fraction of sp³-hybridized carbons (Fsp3) is 0.474. The minimum Gasteiger partial charge on any atom is -0.462 e. The summed E-state index contributed by atoms with van der Waals surface area (Å²) in [4.78, 5) is 0. The highest BCUT2D eigenvalue weighted by Crippen LogP contribution is 2.23. The van der Waals surface area contributed by atoms with Gasteiger partial charge in [-0.05, 0) is 28.7 Å². The first-order valence-electron chi connectivity index (χ1n) is 7.96. The normalized spacial score (nSPS) is 13.3. The quantitative estimate of drug-likeness (QED) is 0.820. The molecule has 0 radical (unpaired) electrons.